The molecule has 144 valence electrons. The average molecular weight is 409 g/mol. The Morgan fingerprint density at radius 2 is 1.22 bits per heavy atom. The third-order valence-electron chi connectivity index (χ3n) is 3.34. The fraction of sp³-hybridized carbons (Fsp3) is 0.111. The molecule has 0 aromatic heterocycles. The Labute approximate surface area is 163 Å². The third-order valence-corrected chi connectivity index (χ3v) is 5.42. The van der Waals surface area contributed by atoms with Crippen LogP contribution in [0.25, 0.3) is 12.2 Å². The van der Waals surface area contributed by atoms with Gasteiger partial charge in [0.25, 0.3) is 0 Å². The smallest absolute Gasteiger partial charge is 0.161 e. The Kier molecular flexibility index (Phi) is 7.89. The Morgan fingerprint density at radius 1 is 0.815 bits per heavy atom. The molecule has 2 unspecified atom stereocenters. The number of nitrogens with one attached hydrogen (secondary N) is 1. The highest BCUT2D eigenvalue weighted by Gasteiger charge is 2.12. The molecule has 7 nitrogen and oxygen atoms in total. The summed E-state index contributed by atoms with van der Waals surface area (Å²) in [6.45, 7) is 0. The van der Waals surface area contributed by atoms with Crippen molar-refractivity contribution in [1.82, 2.24) is 4.13 Å². The lowest BCUT2D eigenvalue weighted by atomic mass is 10.2. The van der Waals surface area contributed by atoms with Crippen molar-refractivity contribution in [2.45, 2.75) is 0 Å². The molecule has 2 atom stereocenters. The zero-order valence-corrected chi connectivity index (χ0v) is 16.3. The number of ether oxygens (including phenoxy) is 2. The van der Waals surface area contributed by atoms with Gasteiger partial charge < -0.3 is 28.8 Å². The summed E-state index contributed by atoms with van der Waals surface area (Å²) in [5.41, 5.74) is 1.33. The molecule has 0 fully saturated rings. The van der Waals surface area contributed by atoms with E-state index in [-0.39, 0.29) is 11.5 Å². The van der Waals surface area contributed by atoms with E-state index in [9.17, 15) is 19.3 Å². The Hall–Kier alpha value is -2.30. The maximum absolute atomic E-state index is 12.0. The minimum Gasteiger partial charge on any atom is -0.590 e. The first-order valence-electron chi connectivity index (χ1n) is 7.61. The van der Waals surface area contributed by atoms with Crippen LogP contribution >= 0.6 is 0 Å². The van der Waals surface area contributed by atoms with Crippen molar-refractivity contribution in [1.29, 1.82) is 0 Å². The quantitative estimate of drug-likeness (QED) is 0.574. The fourth-order valence-electron chi connectivity index (χ4n) is 2.01. The molecule has 0 amide bonds. The summed E-state index contributed by atoms with van der Waals surface area (Å²) in [5.74, 6) is 0.607. The van der Waals surface area contributed by atoms with Crippen LogP contribution in [0.15, 0.2) is 47.2 Å². The number of phenolic OH excluding ortho intramolecular Hbond substituents is 2. The van der Waals surface area contributed by atoms with Gasteiger partial charge in [-0.2, -0.15) is 0 Å². The molecule has 0 radical (unpaired) electrons. The number of rotatable bonds is 8. The number of hydrogen-bond acceptors (Lipinski definition) is 7. The molecule has 0 spiro atoms. The zero-order valence-electron chi connectivity index (χ0n) is 14.6. The van der Waals surface area contributed by atoms with Crippen molar-refractivity contribution in [2.24, 2.45) is 0 Å². The van der Waals surface area contributed by atoms with Gasteiger partial charge >= 0.3 is 0 Å². The molecule has 2 aromatic rings. The summed E-state index contributed by atoms with van der Waals surface area (Å²) in [6, 6.07) is 9.33. The molecule has 0 bridgehead atoms. The second-order valence-corrected chi connectivity index (χ2v) is 7.55. The Balaban J connectivity index is 1.94. The van der Waals surface area contributed by atoms with E-state index < -0.39 is 22.7 Å². The number of methoxy groups -OCH3 is 2. The minimum absolute atomic E-state index is 0.00556. The van der Waals surface area contributed by atoms with E-state index in [1.54, 1.807) is 36.4 Å². The molecule has 3 N–H and O–H groups in total. The highest BCUT2D eigenvalue weighted by Crippen LogP contribution is 2.27. The molecule has 9 heteroatoms. The van der Waals surface area contributed by atoms with Crippen molar-refractivity contribution in [3.63, 3.8) is 0 Å². The van der Waals surface area contributed by atoms with E-state index in [1.807, 2.05) is 0 Å². The van der Waals surface area contributed by atoms with Gasteiger partial charge in [-0.25, -0.2) is 0 Å². The second-order valence-electron chi connectivity index (χ2n) is 5.15. The van der Waals surface area contributed by atoms with Crippen LogP contribution in [0.5, 0.6) is 23.0 Å². The van der Waals surface area contributed by atoms with Crippen molar-refractivity contribution in [2.75, 3.05) is 14.2 Å². The summed E-state index contributed by atoms with van der Waals surface area (Å²) in [4.78, 5) is 0. The summed E-state index contributed by atoms with van der Waals surface area (Å²) < 4.78 is 36.3. The van der Waals surface area contributed by atoms with E-state index in [2.05, 4.69) is 4.13 Å². The van der Waals surface area contributed by atoms with Crippen LogP contribution in [-0.2, 0) is 22.7 Å². The van der Waals surface area contributed by atoms with Crippen molar-refractivity contribution in [3.8, 4) is 23.0 Å². The van der Waals surface area contributed by atoms with Crippen LogP contribution in [0.1, 0.15) is 11.1 Å². The molecular formula is C18H19NO6S2. The monoisotopic (exact) mass is 409 g/mol. The first-order valence-corrected chi connectivity index (χ1v) is 10.0. The van der Waals surface area contributed by atoms with E-state index in [0.717, 1.165) is 0 Å². The summed E-state index contributed by atoms with van der Waals surface area (Å²) in [5, 5.41) is 21.8. The highest BCUT2D eigenvalue weighted by molar-refractivity contribution is 8.07. The van der Waals surface area contributed by atoms with Gasteiger partial charge in [0.1, 0.15) is 33.5 Å². The van der Waals surface area contributed by atoms with E-state index in [1.165, 1.54) is 37.2 Å². The van der Waals surface area contributed by atoms with Gasteiger partial charge in [0.05, 0.1) is 14.2 Å². The van der Waals surface area contributed by atoms with Crippen molar-refractivity contribution in [3.05, 3.63) is 58.3 Å². The molecule has 0 saturated heterocycles. The van der Waals surface area contributed by atoms with Gasteiger partial charge in [-0.15, -0.1) is 0 Å². The molecule has 2 aromatic carbocycles. The normalized spacial score (nSPS) is 13.8. The molecule has 0 aliphatic rings. The molecule has 0 aliphatic heterocycles. The predicted octanol–water partition coefficient (Wildman–Crippen LogP) is 2.67. The second kappa shape index (κ2) is 10.1. The van der Waals surface area contributed by atoms with Gasteiger partial charge in [-0.3, -0.25) is 0 Å². The first kappa shape index (κ1) is 21.0. The van der Waals surface area contributed by atoms with Crippen molar-refractivity contribution >= 4 is 34.9 Å². The zero-order chi connectivity index (χ0) is 19.8. The minimum atomic E-state index is -1.68. The predicted molar refractivity (Wildman–Crippen MR) is 107 cm³/mol. The van der Waals surface area contributed by atoms with Crippen LogP contribution in [0.3, 0.4) is 0 Å². The van der Waals surface area contributed by atoms with Gasteiger partial charge in [0.2, 0.25) is 0 Å². The number of aromatic hydroxyl groups is 2. The maximum Gasteiger partial charge on any atom is 0.161 e. The average Bonchev–Trinajstić information content (AvgIpc) is 2.66. The third kappa shape index (κ3) is 6.42. The highest BCUT2D eigenvalue weighted by atomic mass is 32.3. The lowest BCUT2D eigenvalue weighted by molar-refractivity contribution is 0.373. The maximum atomic E-state index is 12.0. The fourth-order valence-corrected chi connectivity index (χ4v) is 3.67. The standard InChI is InChI=1S/C18H19NO6S2/c1-24-17-11-13(3-5-15(17)20)7-9-26(22)19-27(23)10-8-14-4-6-16(21)18(12-14)25-2/h3-12,19-21H,1-2H3/b9-7-,10-8+. The van der Waals surface area contributed by atoms with E-state index in [0.29, 0.717) is 22.6 Å². The summed E-state index contributed by atoms with van der Waals surface area (Å²) >= 11 is -3.36. The first-order chi connectivity index (χ1) is 12.9. The van der Waals surface area contributed by atoms with Gasteiger partial charge in [0.15, 0.2) is 23.0 Å². The van der Waals surface area contributed by atoms with Crippen molar-refractivity contribution < 1.29 is 28.8 Å². The largest absolute Gasteiger partial charge is 0.590 e. The van der Waals surface area contributed by atoms with Gasteiger partial charge in [-0.05, 0) is 47.5 Å². The molecular weight excluding hydrogens is 390 g/mol. The van der Waals surface area contributed by atoms with E-state index >= 15 is 0 Å². The summed E-state index contributed by atoms with van der Waals surface area (Å²) in [7, 11) is 2.86. The lowest BCUT2D eigenvalue weighted by Crippen LogP contribution is -2.27. The molecule has 0 heterocycles. The summed E-state index contributed by atoms with van der Waals surface area (Å²) in [6.07, 6.45) is 3.10. The van der Waals surface area contributed by atoms with Gasteiger partial charge in [-0.1, -0.05) is 12.1 Å². The van der Waals surface area contributed by atoms with Gasteiger partial charge in [0, 0.05) is 4.13 Å². The molecule has 2 rings (SSSR count). The molecule has 0 saturated carbocycles. The number of hydrogen-bond donors (Lipinski definition) is 3. The van der Waals surface area contributed by atoms with Crippen LogP contribution in [0, 0.1) is 0 Å². The van der Waals surface area contributed by atoms with Crippen LogP contribution in [-0.4, -0.2) is 33.5 Å². The topological polar surface area (TPSA) is 117 Å². The number of benzene rings is 2. The Morgan fingerprint density at radius 3 is 1.59 bits per heavy atom. The lowest BCUT2D eigenvalue weighted by Gasteiger charge is -2.07. The van der Waals surface area contributed by atoms with Crippen LogP contribution in [0.2, 0.25) is 0 Å². The van der Waals surface area contributed by atoms with E-state index in [4.69, 9.17) is 9.47 Å². The van der Waals surface area contributed by atoms with Crippen LogP contribution < -0.4 is 13.6 Å². The van der Waals surface area contributed by atoms with Crippen LogP contribution in [0.4, 0.5) is 0 Å². The Bertz CT molecular complexity index is 760. The molecule has 27 heavy (non-hydrogen) atoms. The SMILES string of the molecule is COc1cc(/C=C\[S+]([O-])N[S+]([O-])/C=C/c2ccc(O)c(OC)c2)ccc1O. The molecule has 0 aliphatic carbocycles. The number of phenols is 2.